The van der Waals surface area contributed by atoms with Gasteiger partial charge in [0.2, 0.25) is 5.91 Å². The highest BCUT2D eigenvalue weighted by Crippen LogP contribution is 2.35. The van der Waals surface area contributed by atoms with Gasteiger partial charge in [0.15, 0.2) is 0 Å². The van der Waals surface area contributed by atoms with Gasteiger partial charge in [-0.15, -0.1) is 10.2 Å². The van der Waals surface area contributed by atoms with Crippen molar-refractivity contribution < 1.29 is 9.18 Å². The minimum atomic E-state index is -0.290. The van der Waals surface area contributed by atoms with E-state index in [0.29, 0.717) is 19.0 Å². The largest absolute Gasteiger partial charge is 0.352 e. The molecule has 2 aromatic rings. The summed E-state index contributed by atoms with van der Waals surface area (Å²) in [6, 6.07) is 6.51. The number of hydrogen-bond acceptors (Lipinski definition) is 3. The average Bonchev–Trinajstić information content (AvgIpc) is 3.26. The molecule has 1 aromatic heterocycles. The van der Waals surface area contributed by atoms with Crippen LogP contribution in [0.25, 0.3) is 6.08 Å². The number of nitrogens with zero attached hydrogens (tertiary/aromatic N) is 3. The van der Waals surface area contributed by atoms with Crippen LogP contribution in [0.4, 0.5) is 4.39 Å². The van der Waals surface area contributed by atoms with Gasteiger partial charge in [0.05, 0.1) is 0 Å². The highest BCUT2D eigenvalue weighted by atomic mass is 19.1. The molecule has 0 bridgehead atoms. The Bertz CT molecular complexity index is 674. The van der Waals surface area contributed by atoms with Gasteiger partial charge in [-0.1, -0.05) is 12.1 Å². The minimum absolute atomic E-state index is 0.179. The first kappa shape index (κ1) is 14.4. The van der Waals surface area contributed by atoms with Crippen LogP contribution in [0.3, 0.4) is 0 Å². The lowest BCUT2D eigenvalue weighted by atomic mass is 10.2. The third kappa shape index (κ3) is 3.78. The number of hydrogen-bond donors (Lipinski definition) is 1. The molecule has 6 heteroatoms. The van der Waals surface area contributed by atoms with Crippen molar-refractivity contribution in [1.29, 1.82) is 0 Å². The highest BCUT2D eigenvalue weighted by Gasteiger charge is 2.25. The van der Waals surface area contributed by atoms with Gasteiger partial charge in [0, 0.05) is 25.1 Å². The second-order valence-corrected chi connectivity index (χ2v) is 5.31. The van der Waals surface area contributed by atoms with Crippen LogP contribution >= 0.6 is 0 Å². The van der Waals surface area contributed by atoms with E-state index in [0.717, 1.165) is 11.4 Å². The van der Waals surface area contributed by atoms with E-state index in [4.69, 9.17) is 0 Å². The highest BCUT2D eigenvalue weighted by molar-refractivity contribution is 5.91. The maximum Gasteiger partial charge on any atom is 0.244 e. The number of nitrogens with one attached hydrogen (secondary N) is 1. The minimum Gasteiger partial charge on any atom is -0.352 e. The first-order valence-electron chi connectivity index (χ1n) is 7.32. The zero-order valence-corrected chi connectivity index (χ0v) is 12.1. The fourth-order valence-electron chi connectivity index (χ4n) is 2.21. The molecule has 114 valence electrons. The number of benzene rings is 1. The van der Waals surface area contributed by atoms with E-state index in [-0.39, 0.29) is 11.7 Å². The Hall–Kier alpha value is -2.50. The zero-order chi connectivity index (χ0) is 15.4. The normalized spacial score (nSPS) is 14.4. The maximum absolute atomic E-state index is 12.8. The van der Waals surface area contributed by atoms with Gasteiger partial charge < -0.3 is 9.88 Å². The third-order valence-corrected chi connectivity index (χ3v) is 3.53. The van der Waals surface area contributed by atoms with Crippen LogP contribution in [0.1, 0.15) is 30.3 Å². The van der Waals surface area contributed by atoms with Gasteiger partial charge in [-0.3, -0.25) is 4.79 Å². The molecule has 1 fully saturated rings. The van der Waals surface area contributed by atoms with E-state index in [9.17, 15) is 9.18 Å². The summed E-state index contributed by atoms with van der Waals surface area (Å²) in [5.41, 5.74) is 0.782. The monoisotopic (exact) mass is 300 g/mol. The SMILES string of the molecule is O=C(/C=C/c1ccc(F)cc1)NCCc1nncn1C1CC1. The Balaban J connectivity index is 1.46. The molecule has 0 unspecified atom stereocenters. The molecule has 1 heterocycles. The van der Waals surface area contributed by atoms with Gasteiger partial charge in [-0.2, -0.15) is 0 Å². The Kier molecular flexibility index (Phi) is 4.27. The van der Waals surface area contributed by atoms with Gasteiger partial charge >= 0.3 is 0 Å². The predicted molar refractivity (Wildman–Crippen MR) is 80.4 cm³/mol. The molecule has 5 nitrogen and oxygen atoms in total. The lowest BCUT2D eigenvalue weighted by Crippen LogP contribution is -2.24. The molecule has 1 saturated carbocycles. The molecular formula is C16H17FN4O. The molecule has 0 saturated heterocycles. The maximum atomic E-state index is 12.8. The van der Waals surface area contributed by atoms with Crippen LogP contribution in [0.2, 0.25) is 0 Å². The van der Waals surface area contributed by atoms with Crippen molar-refractivity contribution in [1.82, 2.24) is 20.1 Å². The lowest BCUT2D eigenvalue weighted by molar-refractivity contribution is -0.116. The van der Waals surface area contributed by atoms with E-state index in [1.807, 2.05) is 0 Å². The fraction of sp³-hybridized carbons (Fsp3) is 0.312. The lowest BCUT2D eigenvalue weighted by Gasteiger charge is -2.04. The van der Waals surface area contributed by atoms with Crippen LogP contribution in [0.15, 0.2) is 36.7 Å². The Morgan fingerprint density at radius 2 is 2.14 bits per heavy atom. The summed E-state index contributed by atoms with van der Waals surface area (Å²) in [7, 11) is 0. The molecule has 0 spiro atoms. The molecule has 0 atom stereocenters. The quantitative estimate of drug-likeness (QED) is 0.831. The van der Waals surface area contributed by atoms with Crippen molar-refractivity contribution in [2.24, 2.45) is 0 Å². The molecular weight excluding hydrogens is 283 g/mol. The Morgan fingerprint density at radius 1 is 1.36 bits per heavy atom. The van der Waals surface area contributed by atoms with Crippen molar-refractivity contribution in [3.63, 3.8) is 0 Å². The summed E-state index contributed by atoms with van der Waals surface area (Å²) in [5.74, 6) is 0.438. The van der Waals surface area contributed by atoms with E-state index in [2.05, 4.69) is 20.1 Å². The van der Waals surface area contributed by atoms with Crippen molar-refractivity contribution in [3.05, 3.63) is 53.9 Å². The second kappa shape index (κ2) is 6.51. The van der Waals surface area contributed by atoms with E-state index in [1.54, 1.807) is 24.5 Å². The summed E-state index contributed by atoms with van der Waals surface area (Å²) < 4.78 is 14.8. The van der Waals surface area contributed by atoms with Crippen LogP contribution in [0, 0.1) is 5.82 Å². The standard InChI is InChI=1S/C16H17FN4O/c17-13-4-1-12(2-5-13)3-8-16(22)18-10-9-15-20-19-11-21(15)14-6-7-14/h1-5,8,11,14H,6-7,9-10H2,(H,18,22)/b8-3+. The number of carbonyl (C=O) groups is 1. The summed E-state index contributed by atoms with van der Waals surface area (Å²) in [6.07, 6.45) is 7.87. The van der Waals surface area contributed by atoms with Crippen molar-refractivity contribution in [3.8, 4) is 0 Å². The number of amides is 1. The van der Waals surface area contributed by atoms with E-state index >= 15 is 0 Å². The van der Waals surface area contributed by atoms with Crippen LogP contribution in [0.5, 0.6) is 0 Å². The molecule has 1 amide bonds. The summed E-state index contributed by atoms with van der Waals surface area (Å²) in [6.45, 7) is 0.512. The molecule has 1 aromatic carbocycles. The number of rotatable bonds is 6. The van der Waals surface area contributed by atoms with Crippen LogP contribution in [-0.4, -0.2) is 27.2 Å². The Labute approximate surface area is 127 Å². The molecule has 3 rings (SSSR count). The molecule has 0 radical (unpaired) electrons. The van der Waals surface area contributed by atoms with Crippen molar-refractivity contribution in [2.75, 3.05) is 6.54 Å². The summed E-state index contributed by atoms with van der Waals surface area (Å²) in [4.78, 5) is 11.7. The van der Waals surface area contributed by atoms with Crippen LogP contribution < -0.4 is 5.32 Å². The first-order valence-corrected chi connectivity index (χ1v) is 7.32. The first-order chi connectivity index (χ1) is 10.7. The summed E-state index contributed by atoms with van der Waals surface area (Å²) >= 11 is 0. The van der Waals surface area contributed by atoms with Gasteiger partial charge in [0.1, 0.15) is 18.0 Å². The average molecular weight is 300 g/mol. The third-order valence-electron chi connectivity index (χ3n) is 3.53. The molecule has 1 aliphatic rings. The molecule has 22 heavy (non-hydrogen) atoms. The van der Waals surface area contributed by atoms with Gasteiger partial charge in [0.25, 0.3) is 0 Å². The smallest absolute Gasteiger partial charge is 0.244 e. The van der Waals surface area contributed by atoms with Gasteiger partial charge in [-0.05, 0) is 36.6 Å². The van der Waals surface area contributed by atoms with Crippen LogP contribution in [-0.2, 0) is 11.2 Å². The zero-order valence-electron chi connectivity index (χ0n) is 12.1. The Morgan fingerprint density at radius 3 is 2.86 bits per heavy atom. The number of aromatic nitrogens is 3. The predicted octanol–water partition coefficient (Wildman–Crippen LogP) is 2.12. The second-order valence-electron chi connectivity index (χ2n) is 5.31. The number of halogens is 1. The van der Waals surface area contributed by atoms with Gasteiger partial charge in [-0.25, -0.2) is 4.39 Å². The molecule has 1 aliphatic carbocycles. The van der Waals surface area contributed by atoms with E-state index in [1.165, 1.54) is 31.1 Å². The number of carbonyl (C=O) groups excluding carboxylic acids is 1. The molecule has 0 aliphatic heterocycles. The van der Waals surface area contributed by atoms with Crippen molar-refractivity contribution >= 4 is 12.0 Å². The molecule has 1 N–H and O–H groups in total. The topological polar surface area (TPSA) is 59.8 Å². The van der Waals surface area contributed by atoms with E-state index < -0.39 is 0 Å². The fourth-order valence-corrected chi connectivity index (χ4v) is 2.21. The van der Waals surface area contributed by atoms with Crippen molar-refractivity contribution in [2.45, 2.75) is 25.3 Å². The summed E-state index contributed by atoms with van der Waals surface area (Å²) in [5, 5.41) is 10.8.